The predicted molar refractivity (Wildman–Crippen MR) is 538 cm³/mol. The van der Waals surface area contributed by atoms with Crippen molar-refractivity contribution in [3.05, 3.63) is 376 Å². The SMILES string of the molecule is Cc1ccc(NC(=O)c2cccc(C(C)(C)C#N)c2)cc1Nc1ccc2ncn(C)c(=O)c2c1.Cc1ccc(NC(=O)c2cccc(C(C)(C)C#N)c2)cc1Nc1ccc2ncn(C)c(=O)c2c1.Cc1ccc(NC(=O)c2cccc(C(C)(C)C#N)c2)cc1Nc1ccc2ncn(C)c(=O)c2c1.Cc1ccc(NC(=O)c2cccc(C(C)(C)C#N)c2)cc1Nc1ccc2ncn(C)c(=O)c2c1. The van der Waals surface area contributed by atoms with Crippen LogP contribution in [-0.2, 0) is 49.9 Å². The lowest BCUT2D eigenvalue weighted by Crippen LogP contribution is -2.17. The van der Waals surface area contributed by atoms with E-state index in [2.05, 4.69) is 86.7 Å². The molecule has 0 aliphatic rings. The number of aryl methyl sites for hydroxylation is 8. The Labute approximate surface area is 785 Å². The first kappa shape index (κ1) is 95.8. The summed E-state index contributed by atoms with van der Waals surface area (Å²) in [4.78, 5) is 118. The molecule has 16 aromatic rings. The molecule has 16 rings (SSSR count). The Bertz CT molecular complexity index is 6970. The van der Waals surface area contributed by atoms with Crippen LogP contribution in [0.1, 0.15) is 141 Å². The van der Waals surface area contributed by atoms with Gasteiger partial charge in [0.1, 0.15) is 0 Å². The smallest absolute Gasteiger partial charge is 0.260 e. The molecule has 0 radical (unpaired) electrons. The number of hydrogen-bond acceptors (Lipinski definition) is 20. The number of hydrogen-bond donors (Lipinski definition) is 8. The molecular weight excluding hydrogens is 1710 g/mol. The molecular formula is C108H100N20O8. The Kier molecular flexibility index (Phi) is 28.4. The molecule has 136 heavy (non-hydrogen) atoms. The largest absolute Gasteiger partial charge is 0.355 e. The molecule has 28 heteroatoms. The lowest BCUT2D eigenvalue weighted by molar-refractivity contribution is 0.101. The lowest BCUT2D eigenvalue weighted by atomic mass is 9.85. The van der Waals surface area contributed by atoms with Crippen molar-refractivity contribution < 1.29 is 19.2 Å². The standard InChI is InChI=1S/4C27H25N5O2/c4*1-17-8-9-21(31-25(33)18-6-5-7-19(12-18)27(2,3)15-28)14-24(17)30-20-10-11-23-22(13-20)26(34)32(4)16-29-23/h4*5-14,16,30H,1-4H3,(H,31,33). The van der Waals surface area contributed by atoms with Crippen LogP contribution in [0, 0.1) is 73.0 Å². The molecule has 4 amide bonds. The molecule has 8 N–H and O–H groups in total. The van der Waals surface area contributed by atoms with Gasteiger partial charge in [0.2, 0.25) is 0 Å². The van der Waals surface area contributed by atoms with Gasteiger partial charge in [-0.05, 0) is 297 Å². The number of rotatable bonds is 20. The van der Waals surface area contributed by atoms with Crippen LogP contribution in [0.2, 0.25) is 0 Å². The minimum absolute atomic E-state index is 0.117. The van der Waals surface area contributed by atoms with E-state index in [0.717, 1.165) is 90.0 Å². The highest BCUT2D eigenvalue weighted by atomic mass is 16.2. The van der Waals surface area contributed by atoms with Crippen molar-refractivity contribution in [3.63, 3.8) is 0 Å². The van der Waals surface area contributed by atoms with Crippen molar-refractivity contribution in [2.75, 3.05) is 42.5 Å². The zero-order chi connectivity index (χ0) is 97.8. The average molecular weight is 1810 g/mol. The zero-order valence-electron chi connectivity index (χ0n) is 78.0. The fraction of sp³-hybridized carbons (Fsp3) is 0.185. The first-order valence-electron chi connectivity index (χ1n) is 43.4. The van der Waals surface area contributed by atoms with Crippen LogP contribution in [0.5, 0.6) is 0 Å². The molecule has 28 nitrogen and oxygen atoms in total. The number of benzene rings is 12. The van der Waals surface area contributed by atoms with Gasteiger partial charge < -0.3 is 60.8 Å². The highest BCUT2D eigenvalue weighted by molar-refractivity contribution is 6.07. The fourth-order valence-electron chi connectivity index (χ4n) is 14.4. The number of anilines is 12. The number of amides is 4. The molecule has 0 aliphatic heterocycles. The van der Waals surface area contributed by atoms with Crippen molar-refractivity contribution in [2.45, 2.75) is 105 Å². The number of carbonyl (C=O) groups excluding carboxylic acids is 4. The maximum absolute atomic E-state index is 12.9. The lowest BCUT2D eigenvalue weighted by Gasteiger charge is -2.17. The van der Waals surface area contributed by atoms with Crippen LogP contribution in [0.15, 0.2) is 287 Å². The summed E-state index contributed by atoms with van der Waals surface area (Å²) in [6.45, 7) is 22.4. The van der Waals surface area contributed by atoms with Gasteiger partial charge in [-0.15, -0.1) is 0 Å². The number of nitrogens with one attached hydrogen (secondary N) is 8. The van der Waals surface area contributed by atoms with Gasteiger partial charge in [-0.1, -0.05) is 72.8 Å². The van der Waals surface area contributed by atoms with Gasteiger partial charge in [0, 0.05) is 119 Å². The van der Waals surface area contributed by atoms with Crippen molar-refractivity contribution >= 4 is 135 Å². The van der Waals surface area contributed by atoms with Gasteiger partial charge in [0.05, 0.1) is 115 Å². The van der Waals surface area contributed by atoms with Crippen molar-refractivity contribution in [1.82, 2.24) is 38.2 Å². The van der Waals surface area contributed by atoms with E-state index >= 15 is 0 Å². The summed E-state index contributed by atoms with van der Waals surface area (Å²) in [7, 11) is 6.68. The quantitative estimate of drug-likeness (QED) is 0.0351. The molecule has 680 valence electrons. The summed E-state index contributed by atoms with van der Waals surface area (Å²) < 4.78 is 5.78. The monoisotopic (exact) mass is 1800 g/mol. The highest BCUT2D eigenvalue weighted by Crippen LogP contribution is 2.35. The Morgan fingerprint density at radius 3 is 0.647 bits per heavy atom. The van der Waals surface area contributed by atoms with Crippen molar-refractivity contribution in [2.24, 2.45) is 28.2 Å². The summed E-state index contributed by atoms with van der Waals surface area (Å²) in [5, 5.41) is 64.8. The second kappa shape index (κ2) is 40.3. The molecule has 4 aromatic heterocycles. The molecule has 0 saturated carbocycles. The number of aromatic nitrogens is 8. The van der Waals surface area contributed by atoms with Crippen LogP contribution < -0.4 is 64.8 Å². The molecule has 4 heterocycles. The summed E-state index contributed by atoms with van der Waals surface area (Å²) in [5.41, 5.74) is 17.0. The Morgan fingerprint density at radius 1 is 0.265 bits per heavy atom. The molecule has 0 fully saturated rings. The van der Waals surface area contributed by atoms with Gasteiger partial charge in [0.15, 0.2) is 0 Å². The second-order valence-electron chi connectivity index (χ2n) is 35.3. The third-order valence-electron chi connectivity index (χ3n) is 23.3. The van der Waals surface area contributed by atoms with Gasteiger partial charge >= 0.3 is 0 Å². The molecule has 12 aromatic carbocycles. The van der Waals surface area contributed by atoms with Crippen LogP contribution in [0.4, 0.5) is 68.2 Å². The highest BCUT2D eigenvalue weighted by Gasteiger charge is 2.26. The molecule has 0 saturated heterocycles. The van der Waals surface area contributed by atoms with E-state index in [1.54, 1.807) is 150 Å². The summed E-state index contributed by atoms with van der Waals surface area (Å²) in [6.07, 6.45) is 6.02. The third-order valence-corrected chi connectivity index (χ3v) is 23.3. The van der Waals surface area contributed by atoms with E-state index in [9.17, 15) is 59.4 Å². The van der Waals surface area contributed by atoms with E-state index in [1.807, 2.05) is 204 Å². The van der Waals surface area contributed by atoms with Crippen LogP contribution >= 0.6 is 0 Å². The van der Waals surface area contributed by atoms with Gasteiger partial charge in [-0.2, -0.15) is 21.0 Å². The molecule has 0 unspecified atom stereocenters. The number of nitrogens with zero attached hydrogens (tertiary/aromatic N) is 12. The van der Waals surface area contributed by atoms with E-state index in [4.69, 9.17) is 0 Å². The first-order valence-corrected chi connectivity index (χ1v) is 43.4. The Hall–Kier alpha value is -17.8. The van der Waals surface area contributed by atoms with Gasteiger partial charge in [-0.3, -0.25) is 38.4 Å². The van der Waals surface area contributed by atoms with Crippen LogP contribution in [-0.4, -0.2) is 61.8 Å². The zero-order valence-corrected chi connectivity index (χ0v) is 78.0. The predicted octanol–water partition coefficient (Wildman–Crippen LogP) is 20.2. The van der Waals surface area contributed by atoms with Crippen molar-refractivity contribution in [3.8, 4) is 24.3 Å². The maximum Gasteiger partial charge on any atom is 0.260 e. The maximum atomic E-state index is 12.9. The van der Waals surface area contributed by atoms with Gasteiger partial charge in [0.25, 0.3) is 45.9 Å². The van der Waals surface area contributed by atoms with E-state index in [-0.39, 0.29) is 45.9 Å². The average Bonchev–Trinajstić information content (AvgIpc) is 0.801. The minimum atomic E-state index is -0.687. The number of carbonyl (C=O) groups is 4. The summed E-state index contributed by atoms with van der Waals surface area (Å²) in [6, 6.07) is 81.6. The van der Waals surface area contributed by atoms with Gasteiger partial charge in [-0.25, -0.2) is 19.9 Å². The topological polar surface area (TPSA) is 399 Å². The number of nitriles is 4. The summed E-state index contributed by atoms with van der Waals surface area (Å²) in [5.74, 6) is -1.03. The second-order valence-corrected chi connectivity index (χ2v) is 35.3. The third kappa shape index (κ3) is 22.4. The molecule has 0 spiro atoms. The minimum Gasteiger partial charge on any atom is -0.355 e. The normalized spacial score (nSPS) is 11.1. The van der Waals surface area contributed by atoms with E-state index in [0.29, 0.717) is 88.6 Å². The number of fused-ring (bicyclic) bond motifs is 4. The molecule has 0 aliphatic carbocycles. The van der Waals surface area contributed by atoms with Crippen LogP contribution in [0.25, 0.3) is 43.6 Å². The molecule has 0 bridgehead atoms. The molecule has 0 atom stereocenters. The Balaban J connectivity index is 0.000000153. The Morgan fingerprint density at radius 2 is 0.456 bits per heavy atom. The first-order chi connectivity index (χ1) is 64.7. The summed E-state index contributed by atoms with van der Waals surface area (Å²) >= 11 is 0. The van der Waals surface area contributed by atoms with E-state index < -0.39 is 21.7 Å². The van der Waals surface area contributed by atoms with E-state index in [1.165, 1.54) is 43.6 Å². The van der Waals surface area contributed by atoms with Crippen molar-refractivity contribution in [1.29, 1.82) is 21.0 Å². The fourth-order valence-corrected chi connectivity index (χ4v) is 14.4. The van der Waals surface area contributed by atoms with Crippen LogP contribution in [0.3, 0.4) is 0 Å².